The molecule has 1 amide bonds. The average molecular weight is 360 g/mol. The van der Waals surface area contributed by atoms with Gasteiger partial charge in [-0.05, 0) is 43.2 Å². The summed E-state index contributed by atoms with van der Waals surface area (Å²) in [6.45, 7) is 3.98. The van der Waals surface area contributed by atoms with Crippen molar-refractivity contribution in [2.45, 2.75) is 26.8 Å². The van der Waals surface area contributed by atoms with Crippen molar-refractivity contribution in [3.05, 3.63) is 76.2 Å². The molecule has 2 heterocycles. The normalized spacial score (nSPS) is 11.2. The summed E-state index contributed by atoms with van der Waals surface area (Å²) in [5.74, 6) is 0.303. The fourth-order valence-corrected chi connectivity index (χ4v) is 3.25. The summed E-state index contributed by atoms with van der Waals surface area (Å²) >= 11 is 0. The van der Waals surface area contributed by atoms with Crippen LogP contribution in [0.4, 0.5) is 5.69 Å². The summed E-state index contributed by atoms with van der Waals surface area (Å²) < 4.78 is 3.31. The number of hydrogen-bond donors (Lipinski definition) is 1. The van der Waals surface area contributed by atoms with Crippen LogP contribution < -0.4 is 10.9 Å². The van der Waals surface area contributed by atoms with E-state index in [1.807, 2.05) is 55.5 Å². The Morgan fingerprint density at radius 3 is 2.59 bits per heavy atom. The predicted octanol–water partition coefficient (Wildman–Crippen LogP) is 3.16. The van der Waals surface area contributed by atoms with Crippen molar-refractivity contribution in [3.8, 4) is 0 Å². The third-order valence-corrected chi connectivity index (χ3v) is 4.71. The molecule has 0 fully saturated rings. The van der Waals surface area contributed by atoms with E-state index < -0.39 is 0 Å². The Bertz CT molecular complexity index is 1200. The van der Waals surface area contributed by atoms with Gasteiger partial charge in [0.15, 0.2) is 0 Å². The topological polar surface area (TPSA) is 68.4 Å². The summed E-state index contributed by atoms with van der Waals surface area (Å²) in [5, 5.41) is 2.91. The Balaban J connectivity index is 1.70. The Kier molecular flexibility index (Phi) is 4.24. The fraction of sp³-hybridized carbons (Fsp3) is 0.190. The minimum Gasteiger partial charge on any atom is -0.325 e. The van der Waals surface area contributed by atoms with Gasteiger partial charge in [-0.2, -0.15) is 0 Å². The van der Waals surface area contributed by atoms with Gasteiger partial charge < -0.3 is 9.88 Å². The van der Waals surface area contributed by atoms with Gasteiger partial charge in [0.05, 0.1) is 11.0 Å². The zero-order chi connectivity index (χ0) is 19.0. The van der Waals surface area contributed by atoms with Gasteiger partial charge in [-0.1, -0.05) is 31.2 Å². The molecule has 0 aliphatic heterocycles. The molecule has 2 aromatic heterocycles. The molecule has 4 aromatic rings. The summed E-state index contributed by atoms with van der Waals surface area (Å²) in [6.07, 6.45) is 0.955. The van der Waals surface area contributed by atoms with Gasteiger partial charge in [0.1, 0.15) is 6.54 Å². The van der Waals surface area contributed by atoms with Crippen molar-refractivity contribution in [1.82, 2.24) is 14.0 Å². The lowest BCUT2D eigenvalue weighted by atomic mass is 10.1. The van der Waals surface area contributed by atoms with Gasteiger partial charge in [-0.3, -0.25) is 9.59 Å². The molecule has 0 aliphatic rings. The molecule has 0 aliphatic carbocycles. The number of aromatic nitrogens is 3. The van der Waals surface area contributed by atoms with E-state index in [4.69, 9.17) is 0 Å². The fourth-order valence-electron chi connectivity index (χ4n) is 3.25. The Morgan fingerprint density at radius 2 is 1.85 bits per heavy atom. The molecular weight excluding hydrogens is 340 g/mol. The zero-order valence-corrected chi connectivity index (χ0v) is 15.3. The molecule has 0 bridgehead atoms. The largest absolute Gasteiger partial charge is 0.325 e. The molecular formula is C21H20N4O2. The first-order chi connectivity index (χ1) is 13.1. The highest BCUT2D eigenvalue weighted by Gasteiger charge is 2.14. The maximum absolute atomic E-state index is 12.6. The number of hydrogen-bond acceptors (Lipinski definition) is 3. The van der Waals surface area contributed by atoms with Gasteiger partial charge >= 0.3 is 0 Å². The number of carbonyl (C=O) groups excluding carboxylic acids is 1. The van der Waals surface area contributed by atoms with Crippen LogP contribution in [0, 0.1) is 6.92 Å². The number of para-hydroxylation sites is 2. The van der Waals surface area contributed by atoms with E-state index in [-0.39, 0.29) is 18.0 Å². The van der Waals surface area contributed by atoms with E-state index in [9.17, 15) is 9.59 Å². The summed E-state index contributed by atoms with van der Waals surface area (Å²) in [4.78, 5) is 29.6. The number of rotatable bonds is 4. The Morgan fingerprint density at radius 1 is 1.11 bits per heavy atom. The summed E-state index contributed by atoms with van der Waals surface area (Å²) in [7, 11) is 0. The first-order valence-electron chi connectivity index (χ1n) is 8.93. The maximum Gasteiger partial charge on any atom is 0.259 e. The van der Waals surface area contributed by atoms with Crippen LogP contribution in [0.1, 0.15) is 18.2 Å². The monoisotopic (exact) mass is 360 g/mol. The van der Waals surface area contributed by atoms with Gasteiger partial charge in [0.2, 0.25) is 11.7 Å². The molecule has 1 N–H and O–H groups in total. The molecule has 6 heteroatoms. The third-order valence-electron chi connectivity index (χ3n) is 4.71. The van der Waals surface area contributed by atoms with Crippen molar-refractivity contribution < 1.29 is 4.79 Å². The van der Waals surface area contributed by atoms with Crippen molar-refractivity contribution in [1.29, 1.82) is 0 Å². The first kappa shape index (κ1) is 17.0. The highest BCUT2D eigenvalue weighted by atomic mass is 16.2. The molecule has 27 heavy (non-hydrogen) atoms. The van der Waals surface area contributed by atoms with Crippen LogP contribution in [0.15, 0.2) is 59.4 Å². The summed E-state index contributed by atoms with van der Waals surface area (Å²) in [5.41, 5.74) is 3.98. The molecule has 136 valence electrons. The van der Waals surface area contributed by atoms with Crippen molar-refractivity contribution in [3.63, 3.8) is 0 Å². The van der Waals surface area contributed by atoms with Crippen LogP contribution in [-0.4, -0.2) is 19.9 Å². The van der Waals surface area contributed by atoms with Crippen LogP contribution >= 0.6 is 0 Å². The smallest absolute Gasteiger partial charge is 0.259 e. The van der Waals surface area contributed by atoms with Gasteiger partial charge in [0, 0.05) is 17.4 Å². The van der Waals surface area contributed by atoms with E-state index >= 15 is 0 Å². The number of amides is 1. The zero-order valence-electron chi connectivity index (χ0n) is 15.3. The van der Waals surface area contributed by atoms with Gasteiger partial charge in [0.25, 0.3) is 5.56 Å². The standard InChI is InChI=1S/C21H20N4O2/c1-3-15-8-10-16(11-9-15)22-19(26)13-24-14(2)12-20(27)25-18-7-5-4-6-17(18)23-21(24)25/h4-12H,3,13H2,1-2H3,(H,22,26). The minimum absolute atomic E-state index is 0.0778. The highest BCUT2D eigenvalue weighted by molar-refractivity contribution is 5.91. The van der Waals surface area contributed by atoms with Crippen LogP contribution in [0.3, 0.4) is 0 Å². The summed E-state index contributed by atoms with van der Waals surface area (Å²) in [6, 6.07) is 16.8. The molecule has 0 atom stereocenters. The maximum atomic E-state index is 12.6. The van der Waals surface area contributed by atoms with Crippen LogP contribution in [-0.2, 0) is 17.8 Å². The van der Waals surface area contributed by atoms with E-state index in [0.717, 1.165) is 23.1 Å². The van der Waals surface area contributed by atoms with Gasteiger partial charge in [-0.25, -0.2) is 9.38 Å². The highest BCUT2D eigenvalue weighted by Crippen LogP contribution is 2.16. The number of nitrogens with zero attached hydrogens (tertiary/aromatic N) is 3. The molecule has 0 unspecified atom stereocenters. The molecule has 6 nitrogen and oxygen atoms in total. The molecule has 0 spiro atoms. The lowest BCUT2D eigenvalue weighted by Gasteiger charge is -2.12. The number of nitrogens with one attached hydrogen (secondary N) is 1. The van der Waals surface area contributed by atoms with E-state index in [1.165, 1.54) is 11.6 Å². The van der Waals surface area contributed by atoms with Crippen LogP contribution in [0.25, 0.3) is 16.8 Å². The Labute approximate surface area is 156 Å². The number of benzene rings is 2. The lowest BCUT2D eigenvalue weighted by molar-refractivity contribution is -0.116. The number of aryl methyl sites for hydroxylation is 2. The van der Waals surface area contributed by atoms with Gasteiger partial charge in [-0.15, -0.1) is 0 Å². The number of carbonyl (C=O) groups is 1. The van der Waals surface area contributed by atoms with Crippen LogP contribution in [0.5, 0.6) is 0 Å². The van der Waals surface area contributed by atoms with E-state index in [2.05, 4.69) is 17.2 Å². The number of fused-ring (bicyclic) bond motifs is 3. The minimum atomic E-state index is -0.167. The van der Waals surface area contributed by atoms with E-state index in [1.54, 1.807) is 8.97 Å². The van der Waals surface area contributed by atoms with E-state index in [0.29, 0.717) is 11.5 Å². The molecule has 2 aromatic carbocycles. The van der Waals surface area contributed by atoms with Crippen molar-refractivity contribution in [2.24, 2.45) is 0 Å². The number of anilines is 1. The van der Waals surface area contributed by atoms with Crippen LogP contribution in [0.2, 0.25) is 0 Å². The second-order valence-corrected chi connectivity index (χ2v) is 6.54. The first-order valence-corrected chi connectivity index (χ1v) is 8.93. The molecule has 4 rings (SSSR count). The molecule has 0 saturated heterocycles. The van der Waals surface area contributed by atoms with Crippen molar-refractivity contribution >= 4 is 28.4 Å². The quantitative estimate of drug-likeness (QED) is 0.608. The second-order valence-electron chi connectivity index (χ2n) is 6.54. The number of imidazole rings is 1. The molecule has 0 saturated carbocycles. The average Bonchev–Trinajstić information content (AvgIpc) is 3.05. The lowest BCUT2D eigenvalue weighted by Crippen LogP contribution is -2.25. The second kappa shape index (κ2) is 6.72. The SMILES string of the molecule is CCc1ccc(NC(=O)Cn2c(C)cc(=O)n3c4ccccc4nc23)cc1. The predicted molar refractivity (Wildman–Crippen MR) is 106 cm³/mol. The molecule has 0 radical (unpaired) electrons. The van der Waals surface area contributed by atoms with Crippen molar-refractivity contribution in [2.75, 3.05) is 5.32 Å². The Hall–Kier alpha value is -3.41. The third kappa shape index (κ3) is 3.10.